The first-order valence-electron chi connectivity index (χ1n) is 11.6. The number of halogens is 1. The fourth-order valence-electron chi connectivity index (χ4n) is 4.09. The minimum atomic E-state index is -1.15. The van der Waals surface area contributed by atoms with Gasteiger partial charge in [0, 0.05) is 27.1 Å². The molecular formula is C31H22ClNO4. The first kappa shape index (κ1) is 24.2. The molecule has 1 aromatic heterocycles. The minimum absolute atomic E-state index is 0.316. The number of benzene rings is 4. The summed E-state index contributed by atoms with van der Waals surface area (Å²) in [5.41, 5.74) is 3.34. The average molecular weight is 508 g/mol. The summed E-state index contributed by atoms with van der Waals surface area (Å²) in [5.74, 6) is -0.239. The average Bonchev–Trinajstić information content (AvgIpc) is 2.96. The molecule has 5 nitrogen and oxygen atoms in total. The van der Waals surface area contributed by atoms with Gasteiger partial charge in [-0.25, -0.2) is 9.78 Å². The highest BCUT2D eigenvalue weighted by Crippen LogP contribution is 2.30. The minimum Gasteiger partial charge on any atom is -0.497 e. The fraction of sp³-hybridized carbons (Fsp3) is 0.0645. The number of ether oxygens (including phenoxy) is 2. The number of hydrogen-bond donors (Lipinski definition) is 0. The van der Waals surface area contributed by atoms with Crippen LogP contribution < -0.4 is 4.74 Å². The van der Waals surface area contributed by atoms with Gasteiger partial charge in [0.15, 0.2) is 6.10 Å². The molecule has 0 fully saturated rings. The van der Waals surface area contributed by atoms with E-state index in [1.807, 2.05) is 54.6 Å². The van der Waals surface area contributed by atoms with E-state index in [0.717, 1.165) is 11.3 Å². The lowest BCUT2D eigenvalue weighted by Crippen LogP contribution is -2.20. The first-order valence-corrected chi connectivity index (χ1v) is 12.0. The number of esters is 1. The monoisotopic (exact) mass is 507 g/mol. The van der Waals surface area contributed by atoms with Crippen LogP contribution in [0.15, 0.2) is 109 Å². The molecule has 0 aliphatic rings. The van der Waals surface area contributed by atoms with Crippen LogP contribution in [-0.2, 0) is 4.74 Å². The molecule has 5 aromatic rings. The van der Waals surface area contributed by atoms with Crippen molar-refractivity contribution >= 4 is 34.3 Å². The summed E-state index contributed by atoms with van der Waals surface area (Å²) in [4.78, 5) is 31.9. The van der Waals surface area contributed by atoms with Gasteiger partial charge < -0.3 is 9.47 Å². The summed E-state index contributed by atoms with van der Waals surface area (Å²) in [7, 11) is 1.60. The molecule has 0 bridgehead atoms. The van der Waals surface area contributed by atoms with Crippen molar-refractivity contribution in [2.24, 2.45) is 0 Å². The summed E-state index contributed by atoms with van der Waals surface area (Å²) >= 11 is 6.07. The normalized spacial score (nSPS) is 11.6. The zero-order chi connectivity index (χ0) is 25.8. The van der Waals surface area contributed by atoms with Crippen LogP contribution in [0, 0.1) is 0 Å². The van der Waals surface area contributed by atoms with Gasteiger partial charge in [0.05, 0.1) is 23.9 Å². The smallest absolute Gasteiger partial charge is 0.339 e. The van der Waals surface area contributed by atoms with Crippen LogP contribution in [0.4, 0.5) is 0 Å². The van der Waals surface area contributed by atoms with Crippen LogP contribution in [0.25, 0.3) is 22.2 Å². The summed E-state index contributed by atoms with van der Waals surface area (Å²) in [6, 6.07) is 31.9. The van der Waals surface area contributed by atoms with Crippen LogP contribution in [0.2, 0.25) is 5.02 Å². The number of Topliss-reactive ketones (excluding diaryl/α,β-unsaturated/α-hetero) is 1. The Balaban J connectivity index is 1.56. The molecule has 0 aliphatic carbocycles. The van der Waals surface area contributed by atoms with Crippen molar-refractivity contribution in [3.05, 3.63) is 131 Å². The number of hydrogen-bond acceptors (Lipinski definition) is 5. The lowest BCUT2D eigenvalue weighted by molar-refractivity contribution is 0.0282. The predicted molar refractivity (Wildman–Crippen MR) is 144 cm³/mol. The zero-order valence-electron chi connectivity index (χ0n) is 19.9. The highest BCUT2D eigenvalue weighted by atomic mass is 35.5. The second-order valence-corrected chi connectivity index (χ2v) is 8.80. The third kappa shape index (κ3) is 5.22. The molecule has 5 rings (SSSR count). The van der Waals surface area contributed by atoms with Crippen LogP contribution in [-0.4, -0.2) is 23.8 Å². The molecule has 0 unspecified atom stereocenters. The standard InChI is InChI=1S/C31H22ClNO4/c1-36-24-17-13-20(14-18-24)28-19-26(25-9-5-6-10-27(25)33-28)31(35)37-30(22-11-15-23(32)16-12-22)29(34)21-7-3-2-4-8-21/h2-19,30H,1H3/t30-/m1/s1. The molecule has 0 N–H and O–H groups in total. The topological polar surface area (TPSA) is 65.5 Å². The predicted octanol–water partition coefficient (Wildman–Crippen LogP) is 7.34. The van der Waals surface area contributed by atoms with Crippen LogP contribution in [0.5, 0.6) is 5.75 Å². The second-order valence-electron chi connectivity index (χ2n) is 8.37. The van der Waals surface area contributed by atoms with E-state index in [1.54, 1.807) is 61.7 Å². The van der Waals surface area contributed by atoms with E-state index < -0.39 is 12.1 Å². The second kappa shape index (κ2) is 10.6. The third-order valence-electron chi connectivity index (χ3n) is 6.02. The lowest BCUT2D eigenvalue weighted by Gasteiger charge is -2.19. The van der Waals surface area contributed by atoms with Crippen molar-refractivity contribution < 1.29 is 19.1 Å². The zero-order valence-corrected chi connectivity index (χ0v) is 20.7. The van der Waals surface area contributed by atoms with E-state index in [2.05, 4.69) is 0 Å². The number of aromatic nitrogens is 1. The summed E-state index contributed by atoms with van der Waals surface area (Å²) in [6.07, 6.45) is -1.15. The Bertz CT molecular complexity index is 1570. The molecule has 6 heteroatoms. The van der Waals surface area contributed by atoms with Crippen LogP contribution >= 0.6 is 11.6 Å². The Labute approximate surface area is 219 Å². The molecular weight excluding hydrogens is 486 g/mol. The highest BCUT2D eigenvalue weighted by molar-refractivity contribution is 6.30. The number of nitrogens with zero attached hydrogens (tertiary/aromatic N) is 1. The number of para-hydroxylation sites is 1. The maximum Gasteiger partial charge on any atom is 0.339 e. The summed E-state index contributed by atoms with van der Waals surface area (Å²) in [5, 5.41) is 1.15. The molecule has 37 heavy (non-hydrogen) atoms. The number of fused-ring (bicyclic) bond motifs is 1. The van der Waals surface area contributed by atoms with E-state index in [9.17, 15) is 9.59 Å². The quantitative estimate of drug-likeness (QED) is 0.170. The summed E-state index contributed by atoms with van der Waals surface area (Å²) in [6.45, 7) is 0. The molecule has 0 saturated heterocycles. The van der Waals surface area contributed by atoms with Crippen molar-refractivity contribution in [2.75, 3.05) is 7.11 Å². The molecule has 1 heterocycles. The highest BCUT2D eigenvalue weighted by Gasteiger charge is 2.28. The van der Waals surface area contributed by atoms with E-state index in [0.29, 0.717) is 38.3 Å². The Morgan fingerprint density at radius 3 is 2.19 bits per heavy atom. The maximum absolute atomic E-state index is 13.7. The van der Waals surface area contributed by atoms with Gasteiger partial charge in [0.25, 0.3) is 0 Å². The number of methoxy groups -OCH3 is 1. The molecule has 0 saturated carbocycles. The fourth-order valence-corrected chi connectivity index (χ4v) is 4.21. The third-order valence-corrected chi connectivity index (χ3v) is 6.27. The number of carbonyl (C=O) groups is 2. The molecule has 1 atom stereocenters. The van der Waals surface area contributed by atoms with Crippen molar-refractivity contribution in [1.29, 1.82) is 0 Å². The molecule has 4 aromatic carbocycles. The first-order chi connectivity index (χ1) is 18.0. The Morgan fingerprint density at radius 1 is 0.811 bits per heavy atom. The molecule has 0 aliphatic heterocycles. The van der Waals surface area contributed by atoms with E-state index in [-0.39, 0.29) is 5.78 Å². The van der Waals surface area contributed by atoms with Gasteiger partial charge in [0.2, 0.25) is 5.78 Å². The van der Waals surface area contributed by atoms with Crippen molar-refractivity contribution in [3.8, 4) is 17.0 Å². The molecule has 0 spiro atoms. The van der Waals surface area contributed by atoms with Gasteiger partial charge in [-0.2, -0.15) is 0 Å². The maximum atomic E-state index is 13.7. The van der Waals surface area contributed by atoms with Crippen molar-refractivity contribution in [1.82, 2.24) is 4.98 Å². The van der Waals surface area contributed by atoms with Crippen LogP contribution in [0.3, 0.4) is 0 Å². The van der Waals surface area contributed by atoms with Crippen molar-refractivity contribution in [3.63, 3.8) is 0 Å². The van der Waals surface area contributed by atoms with Gasteiger partial charge >= 0.3 is 5.97 Å². The van der Waals surface area contributed by atoms with Gasteiger partial charge in [-0.15, -0.1) is 0 Å². The van der Waals surface area contributed by atoms with Crippen molar-refractivity contribution in [2.45, 2.75) is 6.10 Å². The van der Waals surface area contributed by atoms with E-state index in [1.165, 1.54) is 0 Å². The van der Waals surface area contributed by atoms with Crippen LogP contribution in [0.1, 0.15) is 32.4 Å². The largest absolute Gasteiger partial charge is 0.497 e. The Morgan fingerprint density at radius 2 is 1.49 bits per heavy atom. The van der Waals surface area contributed by atoms with Gasteiger partial charge in [-0.05, 0) is 48.5 Å². The number of pyridine rings is 1. The number of rotatable bonds is 7. The van der Waals surface area contributed by atoms with Gasteiger partial charge in [-0.1, -0.05) is 72.3 Å². The molecule has 182 valence electrons. The Kier molecular flexibility index (Phi) is 6.97. The molecule has 0 amide bonds. The van der Waals surface area contributed by atoms with Gasteiger partial charge in [-0.3, -0.25) is 4.79 Å². The molecule has 0 radical (unpaired) electrons. The lowest BCUT2D eigenvalue weighted by atomic mass is 9.99. The SMILES string of the molecule is COc1ccc(-c2cc(C(=O)O[C@@H](C(=O)c3ccccc3)c3ccc(Cl)cc3)c3ccccc3n2)cc1. The van der Waals surface area contributed by atoms with E-state index >= 15 is 0 Å². The Hall–Kier alpha value is -4.48. The summed E-state index contributed by atoms with van der Waals surface area (Å²) < 4.78 is 11.2. The van der Waals surface area contributed by atoms with E-state index in [4.69, 9.17) is 26.1 Å². The number of carbonyl (C=O) groups excluding carboxylic acids is 2. The van der Waals surface area contributed by atoms with Gasteiger partial charge in [0.1, 0.15) is 5.75 Å². The number of ketones is 1.